The highest BCUT2D eigenvalue weighted by atomic mass is 16.2. The monoisotopic (exact) mass is 309 g/mol. The summed E-state index contributed by atoms with van der Waals surface area (Å²) < 4.78 is 0. The van der Waals surface area contributed by atoms with Crippen molar-refractivity contribution >= 4 is 17.4 Å². The highest BCUT2D eigenvalue weighted by Gasteiger charge is 2.16. The first-order valence-electron chi connectivity index (χ1n) is 7.24. The van der Waals surface area contributed by atoms with Gasteiger partial charge in [-0.15, -0.1) is 5.10 Å². The van der Waals surface area contributed by atoms with Gasteiger partial charge < -0.3 is 10.2 Å². The van der Waals surface area contributed by atoms with Crippen LogP contribution in [0.5, 0.6) is 0 Å². The van der Waals surface area contributed by atoms with Crippen molar-refractivity contribution in [3.8, 4) is 6.07 Å². The van der Waals surface area contributed by atoms with Gasteiger partial charge in [0, 0.05) is 12.7 Å². The molecule has 0 saturated carbocycles. The zero-order valence-corrected chi connectivity index (χ0v) is 13.7. The van der Waals surface area contributed by atoms with E-state index < -0.39 is 0 Å². The Labute approximate surface area is 135 Å². The fraction of sp³-hybridized carbons (Fsp3) is 0.294. The standard InChI is InChI=1S/C17H19N5O/c1-11-5-7-14(8-6-11)19-16(23)10-22(4)17-15(9-18)12(2)13(3)20-21-17/h5-8H,10H2,1-4H3,(H,19,23). The quantitative estimate of drug-likeness (QED) is 0.937. The minimum atomic E-state index is -0.180. The van der Waals surface area contributed by atoms with E-state index in [-0.39, 0.29) is 12.5 Å². The fourth-order valence-electron chi connectivity index (χ4n) is 2.12. The molecule has 118 valence electrons. The molecule has 2 aromatic rings. The van der Waals surface area contributed by atoms with Crippen LogP contribution in [0.2, 0.25) is 0 Å². The number of likely N-dealkylation sites (N-methyl/N-ethyl adjacent to an activating group) is 1. The Morgan fingerprint density at radius 1 is 1.22 bits per heavy atom. The van der Waals surface area contributed by atoms with Crippen molar-refractivity contribution < 1.29 is 4.79 Å². The number of benzene rings is 1. The molecule has 1 amide bonds. The van der Waals surface area contributed by atoms with Gasteiger partial charge in [-0.3, -0.25) is 4.79 Å². The van der Waals surface area contributed by atoms with E-state index in [2.05, 4.69) is 21.6 Å². The highest BCUT2D eigenvalue weighted by molar-refractivity contribution is 5.94. The van der Waals surface area contributed by atoms with E-state index >= 15 is 0 Å². The van der Waals surface area contributed by atoms with Gasteiger partial charge in [0.15, 0.2) is 5.82 Å². The zero-order chi connectivity index (χ0) is 17.0. The van der Waals surface area contributed by atoms with Crippen molar-refractivity contribution in [1.82, 2.24) is 10.2 Å². The summed E-state index contributed by atoms with van der Waals surface area (Å²) in [5.74, 6) is 0.231. The Morgan fingerprint density at radius 2 is 1.87 bits per heavy atom. The number of carbonyl (C=O) groups excluding carboxylic acids is 1. The van der Waals surface area contributed by atoms with Crippen molar-refractivity contribution in [3.63, 3.8) is 0 Å². The summed E-state index contributed by atoms with van der Waals surface area (Å²) in [5, 5.41) is 20.2. The third kappa shape index (κ3) is 3.83. The average Bonchev–Trinajstić information content (AvgIpc) is 2.51. The van der Waals surface area contributed by atoms with Crippen LogP contribution in [0.25, 0.3) is 0 Å². The number of nitrogens with zero attached hydrogens (tertiary/aromatic N) is 4. The van der Waals surface area contributed by atoms with Crippen LogP contribution in [0.1, 0.15) is 22.4 Å². The number of rotatable bonds is 4. The number of anilines is 2. The average molecular weight is 309 g/mol. The molecule has 2 rings (SSSR count). The summed E-state index contributed by atoms with van der Waals surface area (Å²) in [4.78, 5) is 13.8. The van der Waals surface area contributed by atoms with Gasteiger partial charge in [-0.1, -0.05) is 17.7 Å². The van der Waals surface area contributed by atoms with Crippen LogP contribution in [0.4, 0.5) is 11.5 Å². The maximum Gasteiger partial charge on any atom is 0.243 e. The van der Waals surface area contributed by atoms with Gasteiger partial charge in [0.25, 0.3) is 0 Å². The summed E-state index contributed by atoms with van der Waals surface area (Å²) in [7, 11) is 1.72. The van der Waals surface area contributed by atoms with Gasteiger partial charge >= 0.3 is 0 Å². The molecule has 0 aliphatic rings. The third-order valence-corrected chi connectivity index (χ3v) is 3.63. The largest absolute Gasteiger partial charge is 0.348 e. The van der Waals surface area contributed by atoms with E-state index in [1.807, 2.05) is 38.1 Å². The lowest BCUT2D eigenvalue weighted by atomic mass is 10.1. The molecule has 6 nitrogen and oxygen atoms in total. The molecule has 0 aliphatic carbocycles. The number of aryl methyl sites for hydroxylation is 2. The molecule has 6 heteroatoms. The van der Waals surface area contributed by atoms with Crippen molar-refractivity contribution in [1.29, 1.82) is 5.26 Å². The molecule has 0 saturated heterocycles. The molecule has 0 spiro atoms. The number of hydrogen-bond acceptors (Lipinski definition) is 5. The Balaban J connectivity index is 2.11. The predicted molar refractivity (Wildman–Crippen MR) is 89.3 cm³/mol. The SMILES string of the molecule is Cc1ccc(NC(=O)CN(C)c2nnc(C)c(C)c2C#N)cc1. The topological polar surface area (TPSA) is 81.9 Å². The van der Waals surface area contributed by atoms with Crippen LogP contribution in [-0.2, 0) is 4.79 Å². The molecule has 0 radical (unpaired) electrons. The molecule has 1 N–H and O–H groups in total. The van der Waals surface area contributed by atoms with E-state index in [9.17, 15) is 10.1 Å². The van der Waals surface area contributed by atoms with Gasteiger partial charge in [0.05, 0.1) is 12.2 Å². The molecule has 0 aliphatic heterocycles. The Hall–Kier alpha value is -2.94. The van der Waals surface area contributed by atoms with Crippen LogP contribution in [-0.4, -0.2) is 29.7 Å². The fourth-order valence-corrected chi connectivity index (χ4v) is 2.12. The summed E-state index contributed by atoms with van der Waals surface area (Å²) in [5.41, 5.74) is 3.80. The van der Waals surface area contributed by atoms with Crippen LogP contribution in [0.15, 0.2) is 24.3 Å². The normalized spacial score (nSPS) is 10.0. The number of hydrogen-bond donors (Lipinski definition) is 1. The molecule has 0 unspecified atom stereocenters. The molecular weight excluding hydrogens is 290 g/mol. The molecule has 1 aromatic carbocycles. The Kier molecular flexibility index (Phi) is 4.91. The second-order valence-corrected chi connectivity index (χ2v) is 5.49. The van der Waals surface area contributed by atoms with Crippen LogP contribution < -0.4 is 10.2 Å². The molecule has 0 atom stereocenters. The Morgan fingerprint density at radius 3 is 2.48 bits per heavy atom. The first-order chi connectivity index (χ1) is 10.9. The highest BCUT2D eigenvalue weighted by Crippen LogP contribution is 2.20. The van der Waals surface area contributed by atoms with E-state index in [1.165, 1.54) is 0 Å². The number of nitriles is 1. The van der Waals surface area contributed by atoms with Crippen molar-refractivity contribution in [2.75, 3.05) is 23.8 Å². The molecular formula is C17H19N5O. The van der Waals surface area contributed by atoms with Gasteiger partial charge in [-0.05, 0) is 38.5 Å². The maximum atomic E-state index is 12.1. The summed E-state index contributed by atoms with van der Waals surface area (Å²) in [6.45, 7) is 5.70. The molecule has 0 bridgehead atoms. The molecule has 1 aromatic heterocycles. The van der Waals surface area contributed by atoms with Crippen LogP contribution in [0.3, 0.4) is 0 Å². The number of nitrogens with one attached hydrogen (secondary N) is 1. The van der Waals surface area contributed by atoms with E-state index in [0.717, 1.165) is 16.8 Å². The first-order valence-corrected chi connectivity index (χ1v) is 7.24. The van der Waals surface area contributed by atoms with Crippen LogP contribution in [0, 0.1) is 32.1 Å². The van der Waals surface area contributed by atoms with Crippen molar-refractivity contribution in [2.24, 2.45) is 0 Å². The van der Waals surface area contributed by atoms with Crippen molar-refractivity contribution in [2.45, 2.75) is 20.8 Å². The lowest BCUT2D eigenvalue weighted by Crippen LogP contribution is -2.31. The number of amides is 1. The summed E-state index contributed by atoms with van der Waals surface area (Å²) >= 11 is 0. The predicted octanol–water partition coefficient (Wildman–Crippen LogP) is 2.35. The first kappa shape index (κ1) is 16.4. The van der Waals surface area contributed by atoms with Crippen LogP contribution >= 0.6 is 0 Å². The van der Waals surface area contributed by atoms with Gasteiger partial charge in [-0.25, -0.2) is 0 Å². The summed E-state index contributed by atoms with van der Waals surface area (Å²) in [6.07, 6.45) is 0. The lowest BCUT2D eigenvalue weighted by molar-refractivity contribution is -0.114. The van der Waals surface area contributed by atoms with E-state index in [1.54, 1.807) is 18.9 Å². The maximum absolute atomic E-state index is 12.1. The molecule has 23 heavy (non-hydrogen) atoms. The third-order valence-electron chi connectivity index (χ3n) is 3.63. The zero-order valence-electron chi connectivity index (χ0n) is 13.7. The Bertz CT molecular complexity index is 762. The second kappa shape index (κ2) is 6.88. The number of carbonyl (C=O) groups is 1. The van der Waals surface area contributed by atoms with Gasteiger partial charge in [0.2, 0.25) is 5.91 Å². The van der Waals surface area contributed by atoms with E-state index in [0.29, 0.717) is 17.1 Å². The summed E-state index contributed by atoms with van der Waals surface area (Å²) in [6, 6.07) is 9.71. The lowest BCUT2D eigenvalue weighted by Gasteiger charge is -2.19. The smallest absolute Gasteiger partial charge is 0.243 e. The number of aromatic nitrogens is 2. The molecule has 0 fully saturated rings. The van der Waals surface area contributed by atoms with Crippen molar-refractivity contribution in [3.05, 3.63) is 46.6 Å². The molecule has 1 heterocycles. The second-order valence-electron chi connectivity index (χ2n) is 5.49. The van der Waals surface area contributed by atoms with E-state index in [4.69, 9.17) is 0 Å². The minimum Gasteiger partial charge on any atom is -0.348 e. The van der Waals surface area contributed by atoms with Gasteiger partial charge in [0.1, 0.15) is 11.6 Å². The van der Waals surface area contributed by atoms with Gasteiger partial charge in [-0.2, -0.15) is 10.4 Å². The minimum absolute atomic E-state index is 0.0831.